The minimum atomic E-state index is 0.101. The first kappa shape index (κ1) is 16.4. The van der Waals surface area contributed by atoms with Crippen LogP contribution < -0.4 is 5.30 Å². The Morgan fingerprint density at radius 2 is 1.43 bits per heavy atom. The largest absolute Gasteiger partial charge is 0.106 e. The Labute approximate surface area is 134 Å². The zero-order chi connectivity index (χ0) is 14.7. The van der Waals surface area contributed by atoms with Gasteiger partial charge in [-0.25, -0.2) is 0 Å². The summed E-state index contributed by atoms with van der Waals surface area (Å²) in [5.41, 5.74) is 2.16. The molecule has 0 N–H and O–H groups in total. The molecule has 2 aliphatic rings. The average Bonchev–Trinajstić information content (AvgIpc) is 3.09. The van der Waals surface area contributed by atoms with Crippen molar-refractivity contribution in [2.75, 3.05) is 38.0 Å². The van der Waals surface area contributed by atoms with Crippen molar-refractivity contribution in [2.45, 2.75) is 37.0 Å². The van der Waals surface area contributed by atoms with Crippen LogP contribution in [0, 0.1) is 0 Å². The van der Waals surface area contributed by atoms with Gasteiger partial charge in [-0.15, -0.1) is 15.8 Å². The van der Waals surface area contributed by atoms with Crippen LogP contribution in [0.5, 0.6) is 0 Å². The van der Waals surface area contributed by atoms with Crippen molar-refractivity contribution >= 4 is 29.1 Å². The van der Waals surface area contributed by atoms with Crippen molar-refractivity contribution in [1.82, 2.24) is 0 Å². The van der Waals surface area contributed by atoms with Gasteiger partial charge in [0.2, 0.25) is 0 Å². The predicted octanol–water partition coefficient (Wildman–Crippen LogP) is 5.34. The van der Waals surface area contributed by atoms with Crippen LogP contribution in [0.3, 0.4) is 0 Å². The van der Waals surface area contributed by atoms with E-state index in [-0.39, 0.29) is 7.92 Å². The summed E-state index contributed by atoms with van der Waals surface area (Å²) in [7, 11) is 0.784. The SMILES string of the molecule is C[P@@]1CCC[C@@H]1CP(C[C@H]1CCC[P@]1C)c1ccccc1. The van der Waals surface area contributed by atoms with Crippen LogP contribution in [0.2, 0.25) is 0 Å². The van der Waals surface area contributed by atoms with Gasteiger partial charge in [0.25, 0.3) is 0 Å². The summed E-state index contributed by atoms with van der Waals surface area (Å²) in [6.07, 6.45) is 12.2. The highest BCUT2D eigenvalue weighted by Gasteiger charge is 2.30. The van der Waals surface area contributed by atoms with E-state index in [0.29, 0.717) is 15.8 Å². The van der Waals surface area contributed by atoms with Gasteiger partial charge in [0.1, 0.15) is 0 Å². The molecule has 4 atom stereocenters. The number of hydrogen-bond acceptors (Lipinski definition) is 0. The molecule has 21 heavy (non-hydrogen) atoms. The zero-order valence-corrected chi connectivity index (χ0v) is 16.2. The fourth-order valence-electron chi connectivity index (χ4n) is 3.85. The maximum Gasteiger partial charge on any atom is -0.0169 e. The lowest BCUT2D eigenvalue weighted by Crippen LogP contribution is -2.18. The molecule has 0 saturated carbocycles. The molecule has 0 spiro atoms. The van der Waals surface area contributed by atoms with E-state index in [9.17, 15) is 0 Å². The lowest BCUT2D eigenvalue weighted by Gasteiger charge is -2.28. The molecule has 0 aromatic heterocycles. The molecule has 2 heterocycles. The molecule has 2 fully saturated rings. The van der Waals surface area contributed by atoms with E-state index in [4.69, 9.17) is 0 Å². The molecule has 1 aromatic rings. The third-order valence-electron chi connectivity index (χ3n) is 5.33. The van der Waals surface area contributed by atoms with Gasteiger partial charge in [0.05, 0.1) is 0 Å². The smallest absolute Gasteiger partial charge is 0.0169 e. The quantitative estimate of drug-likeness (QED) is 0.636. The lowest BCUT2D eigenvalue weighted by atomic mass is 10.3. The second kappa shape index (κ2) is 7.86. The fourth-order valence-corrected chi connectivity index (χ4v) is 13.2. The van der Waals surface area contributed by atoms with Crippen molar-refractivity contribution in [1.29, 1.82) is 0 Å². The van der Waals surface area contributed by atoms with Crippen LogP contribution in [0.1, 0.15) is 25.7 Å². The second-order valence-corrected chi connectivity index (χ2v) is 14.5. The maximum atomic E-state index is 2.56. The van der Waals surface area contributed by atoms with E-state index in [1.807, 2.05) is 0 Å². The van der Waals surface area contributed by atoms with Gasteiger partial charge < -0.3 is 0 Å². The van der Waals surface area contributed by atoms with Crippen LogP contribution >= 0.6 is 23.8 Å². The van der Waals surface area contributed by atoms with Crippen molar-refractivity contribution < 1.29 is 0 Å². The molecule has 0 aliphatic carbocycles. The molecule has 0 nitrogen and oxygen atoms in total. The maximum absolute atomic E-state index is 2.56. The van der Waals surface area contributed by atoms with Crippen LogP contribution in [-0.2, 0) is 0 Å². The van der Waals surface area contributed by atoms with Crippen molar-refractivity contribution in [3.63, 3.8) is 0 Å². The molecule has 116 valence electrons. The van der Waals surface area contributed by atoms with E-state index in [1.54, 1.807) is 30.0 Å². The summed E-state index contributed by atoms with van der Waals surface area (Å²) in [5, 5.41) is 1.69. The van der Waals surface area contributed by atoms with E-state index < -0.39 is 0 Å². The molecule has 1 aromatic carbocycles. The normalized spacial score (nSPS) is 32.9. The summed E-state index contributed by atoms with van der Waals surface area (Å²) in [5.74, 6) is 0. The van der Waals surface area contributed by atoms with Gasteiger partial charge in [-0.1, -0.05) is 38.3 Å². The number of benzene rings is 1. The lowest BCUT2D eigenvalue weighted by molar-refractivity contribution is 0.826. The zero-order valence-electron chi connectivity index (χ0n) is 13.5. The van der Waals surface area contributed by atoms with Gasteiger partial charge >= 0.3 is 0 Å². The number of rotatable bonds is 5. The number of hydrogen-bond donors (Lipinski definition) is 0. The van der Waals surface area contributed by atoms with E-state index >= 15 is 0 Å². The molecule has 2 saturated heterocycles. The minimum Gasteiger partial charge on any atom is -0.106 e. The fraction of sp³-hybridized carbons (Fsp3) is 0.667. The molecular weight excluding hydrogens is 309 g/mol. The standard InChI is InChI=1S/C18H29P3/c1-19-12-6-10-17(19)14-21(16-8-4-3-5-9-16)15-18-11-7-13-20(18)2/h3-5,8-9,17-18H,6-7,10-15H2,1-2H3/t17-,18-,19+,20+/m1/s1. The Bertz CT molecular complexity index is 411. The first-order valence-corrected chi connectivity index (χ1v) is 14.2. The molecule has 0 unspecified atom stereocenters. The molecule has 0 amide bonds. The Morgan fingerprint density at radius 1 is 0.905 bits per heavy atom. The van der Waals surface area contributed by atoms with Crippen molar-refractivity contribution in [3.8, 4) is 0 Å². The first-order chi connectivity index (χ1) is 10.2. The highest BCUT2D eigenvalue weighted by atomic mass is 31.1. The van der Waals surface area contributed by atoms with E-state index in [1.165, 1.54) is 25.7 Å². The van der Waals surface area contributed by atoms with Crippen molar-refractivity contribution in [3.05, 3.63) is 30.3 Å². The van der Waals surface area contributed by atoms with Crippen LogP contribution in [0.25, 0.3) is 0 Å². The van der Waals surface area contributed by atoms with Crippen LogP contribution in [0.4, 0.5) is 0 Å². The second-order valence-electron chi connectivity index (χ2n) is 6.79. The van der Waals surface area contributed by atoms with Gasteiger partial charge in [-0.05, 0) is 80.3 Å². The summed E-state index contributed by atoms with van der Waals surface area (Å²) in [6.45, 7) is 5.13. The predicted molar refractivity (Wildman–Crippen MR) is 104 cm³/mol. The van der Waals surface area contributed by atoms with Crippen LogP contribution in [0.15, 0.2) is 30.3 Å². The molecule has 3 rings (SSSR count). The van der Waals surface area contributed by atoms with Gasteiger partial charge in [-0.2, -0.15) is 0 Å². The Hall–Kier alpha value is 0.510. The first-order valence-electron chi connectivity index (χ1n) is 8.44. The molecule has 2 aliphatic heterocycles. The topological polar surface area (TPSA) is 0 Å². The summed E-state index contributed by atoms with van der Waals surface area (Å²) >= 11 is 0. The molecule has 3 heteroatoms. The molecule has 0 bridgehead atoms. The summed E-state index contributed by atoms with van der Waals surface area (Å²) in [4.78, 5) is 0. The van der Waals surface area contributed by atoms with Crippen LogP contribution in [-0.4, -0.2) is 49.3 Å². The minimum absolute atomic E-state index is 0.101. The van der Waals surface area contributed by atoms with Gasteiger partial charge in [0, 0.05) is 0 Å². The Balaban J connectivity index is 1.71. The Kier molecular flexibility index (Phi) is 6.13. The van der Waals surface area contributed by atoms with Gasteiger partial charge in [0.15, 0.2) is 0 Å². The third-order valence-corrected chi connectivity index (χ3v) is 14.1. The summed E-state index contributed by atoms with van der Waals surface area (Å²) in [6, 6.07) is 11.5. The van der Waals surface area contributed by atoms with E-state index in [2.05, 4.69) is 43.7 Å². The average molecular weight is 338 g/mol. The molecular formula is C18H29P3. The monoisotopic (exact) mass is 338 g/mol. The molecule has 0 radical (unpaired) electrons. The highest BCUT2D eigenvalue weighted by Crippen LogP contribution is 2.56. The van der Waals surface area contributed by atoms with Gasteiger partial charge in [-0.3, -0.25) is 0 Å². The highest BCUT2D eigenvalue weighted by molar-refractivity contribution is 7.68. The Morgan fingerprint density at radius 3 is 1.86 bits per heavy atom. The summed E-state index contributed by atoms with van der Waals surface area (Å²) < 4.78 is 0. The van der Waals surface area contributed by atoms with E-state index in [0.717, 1.165) is 11.3 Å². The third kappa shape index (κ3) is 4.28. The van der Waals surface area contributed by atoms with Crippen molar-refractivity contribution in [2.24, 2.45) is 0 Å².